The van der Waals surface area contributed by atoms with Crippen LogP contribution in [0, 0.1) is 0 Å². The maximum atomic E-state index is 10.2. The lowest BCUT2D eigenvalue weighted by Crippen LogP contribution is -2.30. The lowest BCUT2D eigenvalue weighted by Gasteiger charge is -2.26. The van der Waals surface area contributed by atoms with E-state index in [2.05, 4.69) is 11.8 Å². The Balaban J connectivity index is 0.00000841. The molecule has 1 heterocycles. The van der Waals surface area contributed by atoms with Gasteiger partial charge < -0.3 is 10.0 Å². The van der Waals surface area contributed by atoms with Crippen molar-refractivity contribution >= 4 is 24.2 Å². The van der Waals surface area contributed by atoms with Gasteiger partial charge in [-0.25, -0.2) is 0 Å². The van der Waals surface area contributed by atoms with Crippen LogP contribution in [0.15, 0.2) is 0 Å². The smallest absolute Gasteiger partial charge is 0.0630 e. The van der Waals surface area contributed by atoms with Crippen molar-refractivity contribution in [2.75, 3.05) is 31.1 Å². The van der Waals surface area contributed by atoms with Crippen molar-refractivity contribution < 1.29 is 5.11 Å². The molecule has 1 saturated heterocycles. The second-order valence-corrected chi connectivity index (χ2v) is 10.5. The van der Waals surface area contributed by atoms with E-state index in [1.165, 1.54) is 141 Å². The summed E-state index contributed by atoms with van der Waals surface area (Å²) >= 11 is 1.96. The molecular formula is C26H54ClNOS. The van der Waals surface area contributed by atoms with Gasteiger partial charge >= 0.3 is 0 Å². The lowest BCUT2D eigenvalue weighted by atomic mass is 10.0. The molecule has 1 N–H and O–H groups in total. The van der Waals surface area contributed by atoms with E-state index in [-0.39, 0.29) is 18.5 Å². The first-order valence-corrected chi connectivity index (χ1v) is 14.5. The molecule has 0 radical (unpaired) electrons. The van der Waals surface area contributed by atoms with Crippen LogP contribution in [0.4, 0.5) is 0 Å². The zero-order valence-electron chi connectivity index (χ0n) is 20.3. The summed E-state index contributed by atoms with van der Waals surface area (Å²) in [5.41, 5.74) is 0. The average molecular weight is 464 g/mol. The summed E-state index contributed by atoms with van der Waals surface area (Å²) in [6.07, 6.45) is 26.1. The Labute approximate surface area is 200 Å². The molecule has 0 aromatic heterocycles. The summed E-state index contributed by atoms with van der Waals surface area (Å²) in [7, 11) is 0. The number of aliphatic hydroxyl groups excluding tert-OH is 1. The van der Waals surface area contributed by atoms with Gasteiger partial charge in [-0.15, -0.1) is 12.4 Å². The summed E-state index contributed by atoms with van der Waals surface area (Å²) in [6.45, 7) is 6.18. The Morgan fingerprint density at radius 2 is 1.20 bits per heavy atom. The van der Waals surface area contributed by atoms with Crippen molar-refractivity contribution in [1.29, 1.82) is 0 Å². The summed E-state index contributed by atoms with van der Waals surface area (Å²) in [6, 6.07) is 0. The molecule has 2 nitrogen and oxygen atoms in total. The van der Waals surface area contributed by atoms with E-state index >= 15 is 0 Å². The summed E-state index contributed by atoms with van der Waals surface area (Å²) < 4.78 is 0. The Hall–Kier alpha value is 0.560. The first-order chi connectivity index (χ1) is 14.3. The SMILES string of the molecule is CCCCCCCCCCCCCCCCC(O)CSCCCN1CCCCC1.Cl. The van der Waals surface area contributed by atoms with Crippen LogP contribution in [-0.2, 0) is 0 Å². The molecule has 182 valence electrons. The van der Waals surface area contributed by atoms with E-state index in [4.69, 9.17) is 0 Å². The Morgan fingerprint density at radius 3 is 1.73 bits per heavy atom. The molecule has 1 atom stereocenters. The highest BCUT2D eigenvalue weighted by atomic mass is 35.5. The molecular weight excluding hydrogens is 410 g/mol. The third-order valence-corrected chi connectivity index (χ3v) is 7.61. The van der Waals surface area contributed by atoms with Gasteiger partial charge in [0.1, 0.15) is 0 Å². The standard InChI is InChI=1S/C26H53NOS.ClH/c1-2-3-4-5-6-7-8-9-10-11-12-13-14-16-20-26(28)25-29-24-19-23-27-21-17-15-18-22-27;/h26,28H,2-25H2,1H3;1H. The van der Waals surface area contributed by atoms with Crippen LogP contribution in [0.5, 0.6) is 0 Å². The number of halogens is 1. The summed E-state index contributed by atoms with van der Waals surface area (Å²) in [5, 5.41) is 10.2. The van der Waals surface area contributed by atoms with Crippen molar-refractivity contribution in [3.63, 3.8) is 0 Å². The van der Waals surface area contributed by atoms with E-state index in [1.54, 1.807) is 0 Å². The minimum Gasteiger partial charge on any atom is -0.392 e. The molecule has 1 aliphatic rings. The maximum absolute atomic E-state index is 10.2. The quantitative estimate of drug-likeness (QED) is 0.173. The van der Waals surface area contributed by atoms with Crippen molar-refractivity contribution in [3.05, 3.63) is 0 Å². The van der Waals surface area contributed by atoms with Crippen LogP contribution in [0.3, 0.4) is 0 Å². The first-order valence-electron chi connectivity index (χ1n) is 13.3. The predicted molar refractivity (Wildman–Crippen MR) is 140 cm³/mol. The zero-order valence-corrected chi connectivity index (χ0v) is 21.9. The highest BCUT2D eigenvalue weighted by molar-refractivity contribution is 7.99. The normalized spacial score (nSPS) is 15.8. The number of unbranched alkanes of at least 4 members (excludes halogenated alkanes) is 13. The number of likely N-dealkylation sites (tertiary alicyclic amines) is 1. The van der Waals surface area contributed by atoms with Gasteiger partial charge in [0.25, 0.3) is 0 Å². The fourth-order valence-electron chi connectivity index (χ4n) is 4.45. The van der Waals surface area contributed by atoms with Crippen molar-refractivity contribution in [2.45, 2.75) is 135 Å². The largest absolute Gasteiger partial charge is 0.392 e. The van der Waals surface area contributed by atoms with Gasteiger partial charge in [-0.1, -0.05) is 103 Å². The lowest BCUT2D eigenvalue weighted by molar-refractivity contribution is 0.184. The van der Waals surface area contributed by atoms with Gasteiger partial charge in [0.05, 0.1) is 6.10 Å². The number of rotatable bonds is 21. The highest BCUT2D eigenvalue weighted by Crippen LogP contribution is 2.15. The predicted octanol–water partition coefficient (Wildman–Crippen LogP) is 8.25. The van der Waals surface area contributed by atoms with Crippen LogP contribution in [0.2, 0.25) is 0 Å². The number of hydrogen-bond acceptors (Lipinski definition) is 3. The molecule has 1 unspecified atom stereocenters. The first kappa shape index (κ1) is 30.6. The number of nitrogens with zero attached hydrogens (tertiary/aromatic N) is 1. The van der Waals surface area contributed by atoms with Crippen molar-refractivity contribution in [1.82, 2.24) is 4.90 Å². The fraction of sp³-hybridized carbons (Fsp3) is 1.00. The number of thioether (sulfide) groups is 1. The second kappa shape index (κ2) is 24.2. The van der Waals surface area contributed by atoms with Gasteiger partial charge in [-0.2, -0.15) is 11.8 Å². The van der Waals surface area contributed by atoms with Gasteiger partial charge in [0.2, 0.25) is 0 Å². The van der Waals surface area contributed by atoms with Gasteiger partial charge in [-0.3, -0.25) is 0 Å². The van der Waals surface area contributed by atoms with E-state index in [0.717, 1.165) is 12.2 Å². The average Bonchev–Trinajstić information content (AvgIpc) is 2.74. The molecule has 4 heteroatoms. The molecule has 0 aromatic carbocycles. The molecule has 1 fully saturated rings. The molecule has 0 bridgehead atoms. The summed E-state index contributed by atoms with van der Waals surface area (Å²) in [5.74, 6) is 2.16. The topological polar surface area (TPSA) is 23.5 Å². The van der Waals surface area contributed by atoms with Gasteiger partial charge in [0, 0.05) is 5.75 Å². The van der Waals surface area contributed by atoms with Crippen LogP contribution >= 0.6 is 24.2 Å². The monoisotopic (exact) mass is 463 g/mol. The van der Waals surface area contributed by atoms with E-state index < -0.39 is 0 Å². The van der Waals surface area contributed by atoms with Crippen LogP contribution in [0.1, 0.15) is 129 Å². The molecule has 0 saturated carbocycles. The third kappa shape index (κ3) is 20.5. The Bertz CT molecular complexity index is 326. The van der Waals surface area contributed by atoms with Crippen molar-refractivity contribution in [2.24, 2.45) is 0 Å². The van der Waals surface area contributed by atoms with Crippen LogP contribution in [0.25, 0.3) is 0 Å². The maximum Gasteiger partial charge on any atom is 0.0630 e. The van der Waals surface area contributed by atoms with E-state index in [0.29, 0.717) is 0 Å². The van der Waals surface area contributed by atoms with Crippen LogP contribution in [-0.4, -0.2) is 47.3 Å². The molecule has 0 aromatic rings. The molecule has 1 rings (SSSR count). The Kier molecular flexibility index (Phi) is 24.7. The Morgan fingerprint density at radius 1 is 0.700 bits per heavy atom. The second-order valence-electron chi connectivity index (χ2n) is 9.37. The molecule has 1 aliphatic heterocycles. The van der Waals surface area contributed by atoms with E-state index in [9.17, 15) is 5.11 Å². The van der Waals surface area contributed by atoms with Crippen LogP contribution < -0.4 is 0 Å². The number of piperidine rings is 1. The molecule has 0 aliphatic carbocycles. The highest BCUT2D eigenvalue weighted by Gasteiger charge is 2.09. The van der Waals surface area contributed by atoms with Gasteiger partial charge in [-0.05, 0) is 51.1 Å². The molecule has 0 amide bonds. The number of aliphatic hydroxyl groups is 1. The fourth-order valence-corrected chi connectivity index (χ4v) is 5.39. The minimum absolute atomic E-state index is 0. The molecule has 0 spiro atoms. The molecule has 30 heavy (non-hydrogen) atoms. The van der Waals surface area contributed by atoms with E-state index in [1.807, 2.05) is 11.8 Å². The zero-order chi connectivity index (χ0) is 20.8. The minimum atomic E-state index is -0.0766. The third-order valence-electron chi connectivity index (χ3n) is 6.41. The van der Waals surface area contributed by atoms with Gasteiger partial charge in [0.15, 0.2) is 0 Å². The number of hydrogen-bond donors (Lipinski definition) is 1. The summed E-state index contributed by atoms with van der Waals surface area (Å²) in [4.78, 5) is 2.62. The van der Waals surface area contributed by atoms with Crippen molar-refractivity contribution in [3.8, 4) is 0 Å².